The Hall–Kier alpha value is -3.42. The first-order valence-electron chi connectivity index (χ1n) is 8.56. The van der Waals surface area contributed by atoms with E-state index in [1.54, 1.807) is 18.2 Å². The van der Waals surface area contributed by atoms with Gasteiger partial charge in [0.1, 0.15) is 11.9 Å². The largest absolute Gasteiger partial charge is 0.465 e. The van der Waals surface area contributed by atoms with Crippen molar-refractivity contribution in [2.75, 3.05) is 26.1 Å². The number of nitrogens with one attached hydrogen (secondary N) is 1. The maximum absolute atomic E-state index is 13.8. The molecule has 2 amide bonds. The summed E-state index contributed by atoms with van der Waals surface area (Å²) in [5.41, 5.74) is 1.97. The lowest BCUT2D eigenvalue weighted by Gasteiger charge is -2.35. The lowest BCUT2D eigenvalue weighted by atomic mass is 9.92. The predicted octanol–water partition coefficient (Wildman–Crippen LogP) is 2.92. The van der Waals surface area contributed by atoms with Gasteiger partial charge < -0.3 is 14.8 Å². The van der Waals surface area contributed by atoms with E-state index in [1.165, 1.54) is 43.4 Å². The molecule has 1 N–H and O–H groups in total. The molecule has 1 aliphatic heterocycles. The van der Waals surface area contributed by atoms with E-state index in [0.29, 0.717) is 23.2 Å². The fourth-order valence-corrected chi connectivity index (χ4v) is 3.20. The zero-order valence-electron chi connectivity index (χ0n) is 15.4. The molecule has 1 atom stereocenters. The number of esters is 1. The minimum absolute atomic E-state index is 0.269. The Bertz CT molecular complexity index is 913. The second kappa shape index (κ2) is 8.08. The molecule has 1 aliphatic rings. The Kier molecular flexibility index (Phi) is 5.58. The summed E-state index contributed by atoms with van der Waals surface area (Å²) in [5, 5.41) is 2.70. The summed E-state index contributed by atoms with van der Waals surface area (Å²) in [6, 6.07) is 9.27. The van der Waals surface area contributed by atoms with Crippen molar-refractivity contribution in [3.8, 4) is 0 Å². The van der Waals surface area contributed by atoms with Gasteiger partial charge in [0, 0.05) is 12.2 Å². The predicted molar refractivity (Wildman–Crippen MR) is 98.4 cm³/mol. The molecule has 0 fully saturated rings. The number of benzene rings is 2. The minimum Gasteiger partial charge on any atom is -0.465 e. The van der Waals surface area contributed by atoms with Crippen molar-refractivity contribution in [3.63, 3.8) is 0 Å². The number of hydrogen-bond donors (Lipinski definition) is 1. The van der Waals surface area contributed by atoms with Gasteiger partial charge in [-0.2, -0.15) is 0 Å². The van der Waals surface area contributed by atoms with E-state index in [2.05, 4.69) is 10.1 Å². The molecule has 2 aromatic rings. The van der Waals surface area contributed by atoms with Crippen LogP contribution in [0.2, 0.25) is 0 Å². The molecular formula is C20H19FN2O5. The van der Waals surface area contributed by atoms with Crippen LogP contribution in [0, 0.1) is 5.82 Å². The molecular weight excluding hydrogens is 367 g/mol. The number of nitrogens with zero attached hydrogens (tertiary/aromatic N) is 1. The molecule has 8 heteroatoms. The van der Waals surface area contributed by atoms with Crippen LogP contribution >= 0.6 is 0 Å². The number of methoxy groups -OCH3 is 2. The van der Waals surface area contributed by atoms with Crippen LogP contribution in [0.1, 0.15) is 27.5 Å². The summed E-state index contributed by atoms with van der Waals surface area (Å²) in [6.07, 6.45) is -0.182. The third kappa shape index (κ3) is 3.80. The van der Waals surface area contributed by atoms with Gasteiger partial charge in [-0.05, 0) is 53.9 Å². The fourth-order valence-electron chi connectivity index (χ4n) is 3.20. The Morgan fingerprint density at radius 1 is 1.07 bits per heavy atom. The van der Waals surface area contributed by atoms with Crippen LogP contribution in [0.4, 0.5) is 14.9 Å². The molecule has 28 heavy (non-hydrogen) atoms. The Labute approximate surface area is 161 Å². The molecule has 0 saturated heterocycles. The Morgan fingerprint density at radius 2 is 1.79 bits per heavy atom. The van der Waals surface area contributed by atoms with Gasteiger partial charge in [-0.3, -0.25) is 9.69 Å². The lowest BCUT2D eigenvalue weighted by molar-refractivity contribution is -0.121. The molecule has 0 spiro atoms. The number of anilines is 1. The number of carbonyl (C=O) groups excluding carboxylic acids is 3. The third-order valence-corrected chi connectivity index (χ3v) is 4.57. The Morgan fingerprint density at radius 3 is 2.43 bits per heavy atom. The van der Waals surface area contributed by atoms with E-state index in [-0.39, 0.29) is 6.54 Å². The third-order valence-electron chi connectivity index (χ3n) is 4.57. The van der Waals surface area contributed by atoms with Gasteiger partial charge in [-0.15, -0.1) is 0 Å². The molecule has 0 aliphatic carbocycles. The lowest BCUT2D eigenvalue weighted by Crippen LogP contribution is -2.45. The van der Waals surface area contributed by atoms with Crippen molar-refractivity contribution in [1.29, 1.82) is 0 Å². The number of carbonyl (C=O) groups is 3. The number of rotatable bonds is 3. The zero-order chi connectivity index (χ0) is 20.3. The topological polar surface area (TPSA) is 84.9 Å². The molecule has 0 saturated carbocycles. The van der Waals surface area contributed by atoms with Crippen molar-refractivity contribution in [2.24, 2.45) is 0 Å². The van der Waals surface area contributed by atoms with Crippen molar-refractivity contribution >= 4 is 23.7 Å². The average Bonchev–Trinajstić information content (AvgIpc) is 2.72. The van der Waals surface area contributed by atoms with Crippen molar-refractivity contribution < 1.29 is 28.2 Å². The van der Waals surface area contributed by atoms with Crippen LogP contribution in [0.3, 0.4) is 0 Å². The van der Waals surface area contributed by atoms with Crippen LogP contribution in [0.25, 0.3) is 0 Å². The highest BCUT2D eigenvalue weighted by atomic mass is 19.1. The summed E-state index contributed by atoms with van der Waals surface area (Å²) in [7, 11) is 2.50. The standard InChI is InChI=1S/C20H19FN2O5/c1-27-19(25)13-4-7-15(8-5-13)22-18(24)17-16-11-14(21)6-3-12(16)9-10-23(17)20(26)28-2/h3-8,11,17H,9-10H2,1-2H3,(H,22,24)/t17-/m0/s1. The minimum atomic E-state index is -1.04. The monoisotopic (exact) mass is 386 g/mol. The Balaban J connectivity index is 1.89. The van der Waals surface area contributed by atoms with Gasteiger partial charge in [-0.1, -0.05) is 6.07 Å². The highest BCUT2D eigenvalue weighted by molar-refractivity contribution is 5.98. The second-order valence-corrected chi connectivity index (χ2v) is 6.22. The normalized spacial score (nSPS) is 15.4. The number of hydrogen-bond acceptors (Lipinski definition) is 5. The first-order chi connectivity index (χ1) is 13.4. The number of ether oxygens (including phenoxy) is 2. The quantitative estimate of drug-likeness (QED) is 0.820. The van der Waals surface area contributed by atoms with Crippen molar-refractivity contribution in [1.82, 2.24) is 4.90 Å². The van der Waals surface area contributed by atoms with E-state index in [4.69, 9.17) is 4.74 Å². The number of fused-ring (bicyclic) bond motifs is 1. The molecule has 146 valence electrons. The summed E-state index contributed by atoms with van der Waals surface area (Å²) < 4.78 is 23.2. The van der Waals surface area contributed by atoms with Gasteiger partial charge >= 0.3 is 12.1 Å². The van der Waals surface area contributed by atoms with E-state index >= 15 is 0 Å². The summed E-state index contributed by atoms with van der Waals surface area (Å²) in [4.78, 5) is 37.9. The van der Waals surface area contributed by atoms with Gasteiger partial charge in [0.2, 0.25) is 0 Å². The summed E-state index contributed by atoms with van der Waals surface area (Å²) in [6.45, 7) is 0.269. The molecule has 3 rings (SSSR count). The van der Waals surface area contributed by atoms with Gasteiger partial charge in [0.25, 0.3) is 5.91 Å². The van der Waals surface area contributed by atoms with Crippen LogP contribution < -0.4 is 5.32 Å². The van der Waals surface area contributed by atoms with Gasteiger partial charge in [-0.25, -0.2) is 14.0 Å². The number of halogens is 1. The van der Waals surface area contributed by atoms with Gasteiger partial charge in [0.05, 0.1) is 19.8 Å². The highest BCUT2D eigenvalue weighted by Crippen LogP contribution is 2.32. The first kappa shape index (κ1) is 19.3. The molecule has 0 radical (unpaired) electrons. The second-order valence-electron chi connectivity index (χ2n) is 6.22. The number of amides is 2. The van der Waals surface area contributed by atoms with E-state index in [1.807, 2.05) is 0 Å². The van der Waals surface area contributed by atoms with Crippen LogP contribution in [0.5, 0.6) is 0 Å². The van der Waals surface area contributed by atoms with Crippen molar-refractivity contribution in [2.45, 2.75) is 12.5 Å². The zero-order valence-corrected chi connectivity index (χ0v) is 15.4. The van der Waals surface area contributed by atoms with Gasteiger partial charge in [0.15, 0.2) is 0 Å². The van der Waals surface area contributed by atoms with Crippen LogP contribution in [-0.2, 0) is 20.7 Å². The molecule has 0 bridgehead atoms. The average molecular weight is 386 g/mol. The SMILES string of the molecule is COC(=O)c1ccc(NC(=O)[C@@H]2c3cc(F)ccc3CCN2C(=O)OC)cc1. The van der Waals surface area contributed by atoms with Crippen molar-refractivity contribution in [3.05, 3.63) is 65.0 Å². The molecule has 7 nitrogen and oxygen atoms in total. The molecule has 2 aromatic carbocycles. The summed E-state index contributed by atoms with van der Waals surface area (Å²) in [5.74, 6) is -1.50. The van der Waals surface area contributed by atoms with Crippen LogP contribution in [-0.4, -0.2) is 43.6 Å². The maximum Gasteiger partial charge on any atom is 0.410 e. The van der Waals surface area contributed by atoms with E-state index in [0.717, 1.165) is 5.56 Å². The van der Waals surface area contributed by atoms with E-state index < -0.39 is 29.8 Å². The van der Waals surface area contributed by atoms with E-state index in [9.17, 15) is 18.8 Å². The molecule has 0 unspecified atom stereocenters. The molecule has 0 aromatic heterocycles. The first-order valence-corrected chi connectivity index (χ1v) is 8.56. The smallest absolute Gasteiger partial charge is 0.410 e. The highest BCUT2D eigenvalue weighted by Gasteiger charge is 2.37. The molecule has 1 heterocycles. The van der Waals surface area contributed by atoms with Crippen LogP contribution in [0.15, 0.2) is 42.5 Å². The summed E-state index contributed by atoms with van der Waals surface area (Å²) >= 11 is 0. The fraction of sp³-hybridized carbons (Fsp3) is 0.250. The maximum atomic E-state index is 13.8.